The molecule has 0 aromatic rings. The van der Waals surface area contributed by atoms with Crippen LogP contribution in [0.25, 0.3) is 0 Å². The number of nitrogens with one attached hydrogen (secondary N) is 1. The van der Waals surface area contributed by atoms with E-state index in [2.05, 4.69) is 292 Å². The van der Waals surface area contributed by atoms with Gasteiger partial charge in [0.25, 0.3) is 0 Å². The lowest BCUT2D eigenvalue weighted by Crippen LogP contribution is -2.50. The zero-order valence-corrected chi connectivity index (χ0v) is 74.2. The zero-order valence-electron chi connectivity index (χ0n) is 74.2. The van der Waals surface area contributed by atoms with E-state index in [1.165, 1.54) is 202 Å². The van der Waals surface area contributed by atoms with E-state index in [9.17, 15) is 0 Å². The van der Waals surface area contributed by atoms with E-state index >= 15 is 0 Å². The third-order valence-electron chi connectivity index (χ3n) is 25.4. The molecule has 600 valence electrons. The van der Waals surface area contributed by atoms with E-state index in [1.807, 2.05) is 0 Å². The molecular formula is C88H183N13. The lowest BCUT2D eigenvalue weighted by Gasteiger charge is -2.38. The summed E-state index contributed by atoms with van der Waals surface area (Å²) >= 11 is 0. The molecule has 10 aliphatic rings. The summed E-state index contributed by atoms with van der Waals surface area (Å²) in [5.41, 5.74) is 2.29. The van der Waals surface area contributed by atoms with Crippen molar-refractivity contribution >= 4 is 0 Å². The number of piperazine rings is 2. The highest BCUT2D eigenvalue weighted by atomic mass is 15.4. The molecule has 10 aliphatic heterocycles. The van der Waals surface area contributed by atoms with Gasteiger partial charge in [0.05, 0.1) is 0 Å². The van der Waals surface area contributed by atoms with Gasteiger partial charge in [0, 0.05) is 195 Å². The average molecular weight is 1420 g/mol. The lowest BCUT2D eigenvalue weighted by atomic mass is 9.86. The predicted octanol–water partition coefficient (Wildman–Crippen LogP) is 16.5. The normalized spacial score (nSPS) is 25.3. The monoisotopic (exact) mass is 1420 g/mol. The highest BCUT2D eigenvalue weighted by Crippen LogP contribution is 2.41. The summed E-state index contributed by atoms with van der Waals surface area (Å²) in [6, 6.07) is 11.1. The Bertz CT molecular complexity index is 1930. The van der Waals surface area contributed by atoms with Crippen LogP contribution in [0.1, 0.15) is 279 Å². The molecule has 101 heavy (non-hydrogen) atoms. The SMILES string of the molecule is CC(C)C1=CCN(C(C)C)CC1.CC(C)C1CCN(C(C)C)CC1.CC(C)CCCNC(C)C.CC(C)N1CC2CC1CN2C(C)C.CC(C)N1CC2CN(C(C)C)CC2C1.CC(C)N1CCC2(CCN(C(C)C)C2)C1.CC(C)N1CCCN(C(C)C)CC1.CC(C)N1CCN(C(C)C)CC1. The van der Waals surface area contributed by atoms with Crippen LogP contribution in [0.5, 0.6) is 0 Å². The smallest absolute Gasteiger partial charge is 0.0242 e. The summed E-state index contributed by atoms with van der Waals surface area (Å²) in [7, 11) is 0. The first-order valence-corrected chi connectivity index (χ1v) is 43.6. The molecule has 1 spiro atoms. The van der Waals surface area contributed by atoms with Gasteiger partial charge in [0.2, 0.25) is 0 Å². The highest BCUT2D eigenvalue weighted by molar-refractivity contribution is 5.10. The predicted molar refractivity (Wildman–Crippen MR) is 449 cm³/mol. The highest BCUT2D eigenvalue weighted by Gasteiger charge is 2.46. The van der Waals surface area contributed by atoms with Gasteiger partial charge in [-0.2, -0.15) is 0 Å². The Morgan fingerprint density at radius 2 is 0.713 bits per heavy atom. The van der Waals surface area contributed by atoms with E-state index in [1.54, 1.807) is 5.57 Å². The number of hydrogen-bond donors (Lipinski definition) is 1. The van der Waals surface area contributed by atoms with E-state index in [4.69, 9.17) is 0 Å². The molecule has 0 aromatic carbocycles. The van der Waals surface area contributed by atoms with Crippen LogP contribution in [0.4, 0.5) is 0 Å². The first kappa shape index (κ1) is 94.4. The van der Waals surface area contributed by atoms with Crippen molar-refractivity contribution in [3.63, 3.8) is 0 Å². The second-order valence-corrected chi connectivity index (χ2v) is 38.4. The molecular weight excluding hydrogens is 1240 g/mol. The summed E-state index contributed by atoms with van der Waals surface area (Å²) in [5, 5.41) is 3.40. The minimum Gasteiger partial charge on any atom is -0.315 e. The number of hydrogen-bond acceptors (Lipinski definition) is 13. The van der Waals surface area contributed by atoms with Gasteiger partial charge in [-0.25, -0.2) is 0 Å². The maximum absolute atomic E-state index is 3.40. The van der Waals surface area contributed by atoms with Crippen LogP contribution in [-0.2, 0) is 0 Å². The Morgan fingerprint density at radius 1 is 0.366 bits per heavy atom. The Morgan fingerprint density at radius 3 is 0.980 bits per heavy atom. The van der Waals surface area contributed by atoms with Gasteiger partial charge in [-0.3, -0.25) is 34.3 Å². The van der Waals surface area contributed by atoms with E-state index < -0.39 is 0 Å². The van der Waals surface area contributed by atoms with Gasteiger partial charge in [-0.15, -0.1) is 0 Å². The molecule has 10 rings (SSSR count). The number of rotatable bonds is 19. The van der Waals surface area contributed by atoms with Crippen molar-refractivity contribution in [1.82, 2.24) is 64.1 Å². The molecule has 0 amide bonds. The molecule has 2 bridgehead atoms. The molecule has 2 unspecified atom stereocenters. The van der Waals surface area contributed by atoms with Crippen molar-refractivity contribution in [2.45, 2.75) is 370 Å². The molecule has 0 aliphatic carbocycles. The third kappa shape index (κ3) is 34.4. The second kappa shape index (κ2) is 48.0. The van der Waals surface area contributed by atoms with Gasteiger partial charge in [0.1, 0.15) is 0 Å². The summed E-state index contributed by atoms with van der Waals surface area (Å²) in [6.45, 7) is 103. The summed E-state index contributed by atoms with van der Waals surface area (Å²) in [5.74, 6) is 5.40. The van der Waals surface area contributed by atoms with Crippen molar-refractivity contribution in [2.75, 3.05) is 151 Å². The summed E-state index contributed by atoms with van der Waals surface area (Å²) in [6.07, 6.45) is 14.8. The van der Waals surface area contributed by atoms with E-state index in [0.29, 0.717) is 29.6 Å². The van der Waals surface area contributed by atoms with Gasteiger partial charge in [-0.1, -0.05) is 67.0 Å². The van der Waals surface area contributed by atoms with Crippen LogP contribution in [0.2, 0.25) is 0 Å². The van der Waals surface area contributed by atoms with Gasteiger partial charge in [0.15, 0.2) is 0 Å². The van der Waals surface area contributed by atoms with Crippen LogP contribution in [-0.4, -0.2) is 300 Å². The Labute approximate surface area is 633 Å². The summed E-state index contributed by atoms with van der Waals surface area (Å²) in [4.78, 5) is 31.3. The van der Waals surface area contributed by atoms with E-state index in [0.717, 1.165) is 109 Å². The van der Waals surface area contributed by atoms with Crippen LogP contribution < -0.4 is 5.32 Å². The fourth-order valence-electron chi connectivity index (χ4n) is 17.5. The second-order valence-electron chi connectivity index (χ2n) is 38.4. The van der Waals surface area contributed by atoms with Gasteiger partial charge >= 0.3 is 0 Å². The van der Waals surface area contributed by atoms with E-state index in [-0.39, 0.29) is 0 Å². The van der Waals surface area contributed by atoms with Crippen molar-refractivity contribution in [3.05, 3.63) is 11.6 Å². The molecule has 13 heteroatoms. The van der Waals surface area contributed by atoms with Crippen molar-refractivity contribution in [3.8, 4) is 0 Å². The number of likely N-dealkylation sites (tertiary alicyclic amines) is 7. The maximum atomic E-state index is 3.40. The molecule has 10 heterocycles. The number of piperidine rings is 1. The van der Waals surface area contributed by atoms with Crippen molar-refractivity contribution in [1.29, 1.82) is 0 Å². The molecule has 13 nitrogen and oxygen atoms in total. The molecule has 2 atom stereocenters. The minimum atomic E-state index is 0.646. The molecule has 1 N–H and O–H groups in total. The Kier molecular flexibility index (Phi) is 44.9. The maximum Gasteiger partial charge on any atom is 0.0242 e. The van der Waals surface area contributed by atoms with Gasteiger partial charge in [-0.05, 0) is 311 Å². The third-order valence-corrected chi connectivity index (χ3v) is 25.4. The number of fused-ring (bicyclic) bond motifs is 3. The quantitative estimate of drug-likeness (QED) is 0.0988. The zero-order chi connectivity index (χ0) is 76.2. The number of nitrogens with zero attached hydrogens (tertiary/aromatic N) is 12. The Hall–Kier alpha value is -0.780. The molecule has 0 aromatic heterocycles. The largest absolute Gasteiger partial charge is 0.315 e. The topological polar surface area (TPSA) is 50.9 Å². The molecule has 9 fully saturated rings. The standard InChI is InChI=1S/C13H26N2.C12H24N2.C11H22N2.C11H24N2.C11H23N.C11H21N.C10H22N2.C9H21N/c1-11(2)14-7-5-13(9-14)6-8-15(10-13)12(3)4;1-9(2)13-5-11-7-14(10(3)4)8-12(11)6-13;1-8(2)12-6-11-5-10(12)7-13(11)9(3)4;1-10(2)12-6-5-7-13(9-8-12)11(3)4;3*1-9(2)11-5-7-12(8-6-11)10(3)4;1-8(2)6-5-7-10-9(3)4/h11-12H,5-10H2,1-4H3;9-12H,5-8H2,1-4H3;8-11H,5-7H2,1-4H3;10-11H,5-9H2,1-4H3;9-11H,5-8H2,1-4H3;5,9-10H,6-8H2,1-4H3;9-10H,5-8H2,1-4H3;8-10H,5-7H2,1-4H3. The lowest BCUT2D eigenvalue weighted by molar-refractivity contribution is 0.0849. The van der Waals surface area contributed by atoms with Gasteiger partial charge < -0.3 is 29.8 Å². The average Bonchev–Trinajstić information content (AvgIpc) is 1.65. The van der Waals surface area contributed by atoms with Crippen LogP contribution >= 0.6 is 0 Å². The first-order chi connectivity index (χ1) is 47.3. The van der Waals surface area contributed by atoms with Crippen molar-refractivity contribution in [2.24, 2.45) is 40.9 Å². The summed E-state index contributed by atoms with van der Waals surface area (Å²) < 4.78 is 0. The Balaban J connectivity index is 0.000000301. The van der Waals surface area contributed by atoms with Crippen LogP contribution in [0.3, 0.4) is 0 Å². The molecule has 9 saturated heterocycles. The minimum absolute atomic E-state index is 0.646. The fraction of sp³-hybridized carbons (Fsp3) is 0.977. The first-order valence-electron chi connectivity index (χ1n) is 43.6. The molecule has 0 radical (unpaired) electrons. The fourth-order valence-corrected chi connectivity index (χ4v) is 17.5. The van der Waals surface area contributed by atoms with Crippen molar-refractivity contribution < 1.29 is 0 Å². The molecule has 0 saturated carbocycles. The van der Waals surface area contributed by atoms with Crippen LogP contribution in [0, 0.1) is 40.9 Å². The van der Waals surface area contributed by atoms with Crippen LogP contribution in [0.15, 0.2) is 11.6 Å².